The molecule has 1 fully saturated rings. The number of nitrogens with zero attached hydrogens (tertiary/aromatic N) is 1. The van der Waals surface area contributed by atoms with Crippen LogP contribution in [0.15, 0.2) is 69.9 Å². The standard InChI is InChI=1S/C31H33NO6/c1-20-16-25-28(33)24-11-10-23(36-22-8-6-5-7-9-22)18-26(24)37-29(25)27(17-20)35-19-21-12-14-32(15-13-21)30(34)38-31(2,3)4/h5-11,16-18,21H,12-15,19H2,1-4H3. The smallest absolute Gasteiger partial charge is 0.410 e. The van der Waals surface area contributed by atoms with Crippen molar-refractivity contribution in [2.45, 2.75) is 46.1 Å². The van der Waals surface area contributed by atoms with E-state index < -0.39 is 5.60 Å². The lowest BCUT2D eigenvalue weighted by Gasteiger charge is -2.33. The van der Waals surface area contributed by atoms with Gasteiger partial charge in [0.25, 0.3) is 0 Å². The van der Waals surface area contributed by atoms with Crippen LogP contribution in [0.25, 0.3) is 21.9 Å². The third kappa shape index (κ3) is 5.77. The van der Waals surface area contributed by atoms with Crippen LogP contribution < -0.4 is 14.9 Å². The van der Waals surface area contributed by atoms with Crippen molar-refractivity contribution in [3.05, 3.63) is 76.5 Å². The minimum atomic E-state index is -0.508. The van der Waals surface area contributed by atoms with Gasteiger partial charge >= 0.3 is 6.09 Å². The van der Waals surface area contributed by atoms with Crippen LogP contribution in [0.3, 0.4) is 0 Å². The summed E-state index contributed by atoms with van der Waals surface area (Å²) in [4.78, 5) is 27.5. The van der Waals surface area contributed by atoms with Crippen LogP contribution in [-0.2, 0) is 4.74 Å². The Morgan fingerprint density at radius 1 is 0.974 bits per heavy atom. The van der Waals surface area contributed by atoms with E-state index >= 15 is 0 Å². The molecule has 5 rings (SSSR count). The molecule has 0 N–H and O–H groups in total. The van der Waals surface area contributed by atoms with Gasteiger partial charge in [0.05, 0.1) is 17.4 Å². The van der Waals surface area contributed by atoms with Crippen LogP contribution in [-0.4, -0.2) is 36.3 Å². The predicted octanol–water partition coefficient (Wildman–Crippen LogP) is 7.07. The van der Waals surface area contributed by atoms with Gasteiger partial charge in [0.2, 0.25) is 5.43 Å². The Balaban J connectivity index is 1.35. The molecule has 0 atom stereocenters. The molecule has 1 aliphatic rings. The molecule has 3 aromatic carbocycles. The lowest BCUT2D eigenvalue weighted by atomic mass is 9.98. The molecule has 0 radical (unpaired) electrons. The van der Waals surface area contributed by atoms with E-state index in [0.29, 0.717) is 58.9 Å². The van der Waals surface area contributed by atoms with E-state index in [9.17, 15) is 9.59 Å². The van der Waals surface area contributed by atoms with Crippen molar-refractivity contribution in [1.29, 1.82) is 0 Å². The fourth-order valence-electron chi connectivity index (χ4n) is 4.66. The van der Waals surface area contributed by atoms with Crippen molar-refractivity contribution in [3.63, 3.8) is 0 Å². The molecule has 0 spiro atoms. The molecule has 1 aliphatic heterocycles. The lowest BCUT2D eigenvalue weighted by molar-refractivity contribution is 0.0165. The highest BCUT2D eigenvalue weighted by Gasteiger charge is 2.27. The quantitative estimate of drug-likeness (QED) is 0.265. The van der Waals surface area contributed by atoms with Gasteiger partial charge in [0.15, 0.2) is 11.3 Å². The first-order valence-electron chi connectivity index (χ1n) is 13.0. The van der Waals surface area contributed by atoms with Gasteiger partial charge in [-0.25, -0.2) is 4.79 Å². The zero-order valence-electron chi connectivity index (χ0n) is 22.3. The van der Waals surface area contributed by atoms with Gasteiger partial charge in [-0.05, 0) is 88.4 Å². The molecule has 0 unspecified atom stereocenters. The van der Waals surface area contributed by atoms with Gasteiger partial charge in [0, 0.05) is 19.2 Å². The Hall–Kier alpha value is -4.00. The summed E-state index contributed by atoms with van der Waals surface area (Å²) in [5.74, 6) is 2.11. The summed E-state index contributed by atoms with van der Waals surface area (Å²) in [5.41, 5.74) is 1.17. The fraction of sp³-hybridized carbons (Fsp3) is 0.355. The van der Waals surface area contributed by atoms with Crippen molar-refractivity contribution >= 4 is 28.0 Å². The lowest BCUT2D eigenvalue weighted by Crippen LogP contribution is -2.42. The van der Waals surface area contributed by atoms with Crippen molar-refractivity contribution < 1.29 is 23.4 Å². The largest absolute Gasteiger partial charge is 0.489 e. The number of benzene rings is 3. The number of piperidine rings is 1. The van der Waals surface area contributed by atoms with E-state index in [1.807, 2.05) is 70.2 Å². The summed E-state index contributed by atoms with van der Waals surface area (Å²) in [6.45, 7) is 9.28. The van der Waals surface area contributed by atoms with Crippen molar-refractivity contribution in [2.24, 2.45) is 5.92 Å². The topological polar surface area (TPSA) is 78.2 Å². The summed E-state index contributed by atoms with van der Waals surface area (Å²) in [6.07, 6.45) is 1.36. The molecule has 7 nitrogen and oxygen atoms in total. The Bertz CT molecular complexity index is 1510. The predicted molar refractivity (Wildman–Crippen MR) is 147 cm³/mol. The van der Waals surface area contributed by atoms with Gasteiger partial charge in [-0.3, -0.25) is 4.79 Å². The second kappa shape index (κ2) is 10.4. The van der Waals surface area contributed by atoms with Crippen molar-refractivity contribution in [3.8, 4) is 17.2 Å². The molecular formula is C31H33NO6. The first-order valence-corrected chi connectivity index (χ1v) is 13.0. The van der Waals surface area contributed by atoms with E-state index in [-0.39, 0.29) is 17.4 Å². The molecule has 4 aromatic rings. The highest BCUT2D eigenvalue weighted by Crippen LogP contribution is 2.32. The number of fused-ring (bicyclic) bond motifs is 2. The summed E-state index contributed by atoms with van der Waals surface area (Å²) in [7, 11) is 0. The average Bonchev–Trinajstić information content (AvgIpc) is 2.88. The number of hydrogen-bond donors (Lipinski definition) is 0. The molecule has 1 saturated heterocycles. The molecule has 198 valence electrons. The first-order chi connectivity index (χ1) is 18.2. The second-order valence-corrected chi connectivity index (χ2v) is 10.9. The monoisotopic (exact) mass is 515 g/mol. The van der Waals surface area contributed by atoms with Crippen molar-refractivity contribution in [1.82, 2.24) is 4.90 Å². The van der Waals surface area contributed by atoms with E-state index in [0.717, 1.165) is 18.4 Å². The third-order valence-electron chi connectivity index (χ3n) is 6.57. The van der Waals surface area contributed by atoms with Gasteiger partial charge in [-0.2, -0.15) is 0 Å². The molecule has 38 heavy (non-hydrogen) atoms. The maximum Gasteiger partial charge on any atom is 0.410 e. The maximum absolute atomic E-state index is 13.4. The molecule has 7 heteroatoms. The fourth-order valence-corrected chi connectivity index (χ4v) is 4.66. The molecule has 0 saturated carbocycles. The van der Waals surface area contributed by atoms with Gasteiger partial charge in [0.1, 0.15) is 22.7 Å². The van der Waals surface area contributed by atoms with Crippen LogP contribution in [0.4, 0.5) is 4.79 Å². The highest BCUT2D eigenvalue weighted by atomic mass is 16.6. The number of para-hydroxylation sites is 1. The number of carbonyl (C=O) groups excluding carboxylic acids is 1. The normalized spacial score (nSPS) is 14.6. The van der Waals surface area contributed by atoms with Gasteiger partial charge < -0.3 is 23.5 Å². The van der Waals surface area contributed by atoms with Crippen LogP contribution >= 0.6 is 0 Å². The summed E-state index contributed by atoms with van der Waals surface area (Å²) >= 11 is 0. The van der Waals surface area contributed by atoms with Crippen LogP contribution in [0.5, 0.6) is 17.2 Å². The average molecular weight is 516 g/mol. The Morgan fingerprint density at radius 2 is 1.71 bits per heavy atom. The van der Waals surface area contributed by atoms with Crippen LogP contribution in [0.1, 0.15) is 39.2 Å². The molecule has 1 amide bonds. The van der Waals surface area contributed by atoms with Crippen LogP contribution in [0, 0.1) is 12.8 Å². The number of hydrogen-bond acceptors (Lipinski definition) is 6. The van der Waals surface area contributed by atoms with E-state index in [4.69, 9.17) is 18.6 Å². The first kappa shape index (κ1) is 25.6. The number of rotatable bonds is 5. The molecule has 0 aliphatic carbocycles. The minimum absolute atomic E-state index is 0.105. The van der Waals surface area contributed by atoms with E-state index in [1.165, 1.54) is 0 Å². The van der Waals surface area contributed by atoms with E-state index in [1.54, 1.807) is 23.1 Å². The maximum atomic E-state index is 13.4. The SMILES string of the molecule is Cc1cc(OCC2CCN(C(=O)OC(C)(C)C)CC2)c2oc3cc(Oc4ccccc4)ccc3c(=O)c2c1. The minimum Gasteiger partial charge on any atom is -0.489 e. The second-order valence-electron chi connectivity index (χ2n) is 10.9. The van der Waals surface area contributed by atoms with Crippen molar-refractivity contribution in [2.75, 3.05) is 19.7 Å². The molecule has 1 aromatic heterocycles. The number of carbonyl (C=O) groups is 1. The van der Waals surface area contributed by atoms with Gasteiger partial charge in [-0.15, -0.1) is 0 Å². The van der Waals surface area contributed by atoms with Gasteiger partial charge in [-0.1, -0.05) is 18.2 Å². The summed E-state index contributed by atoms with van der Waals surface area (Å²) < 4.78 is 23.9. The summed E-state index contributed by atoms with van der Waals surface area (Å²) in [5, 5.41) is 0.980. The zero-order valence-corrected chi connectivity index (χ0v) is 22.3. The van der Waals surface area contributed by atoms with Crippen LogP contribution in [0.2, 0.25) is 0 Å². The Labute approximate surface area is 221 Å². The number of ether oxygens (including phenoxy) is 3. The number of aryl methyl sites for hydroxylation is 1. The highest BCUT2D eigenvalue weighted by molar-refractivity contribution is 5.93. The third-order valence-corrected chi connectivity index (χ3v) is 6.57. The zero-order chi connectivity index (χ0) is 26.9. The van der Waals surface area contributed by atoms with E-state index in [2.05, 4.69) is 0 Å². The number of amides is 1. The Kier molecular flexibility index (Phi) is 7.02. The summed E-state index contributed by atoms with van der Waals surface area (Å²) in [6, 6.07) is 18.4. The molecule has 0 bridgehead atoms. The molecule has 2 heterocycles. The Morgan fingerprint density at radius 3 is 2.42 bits per heavy atom. The number of likely N-dealkylation sites (tertiary alicyclic amines) is 1. The molecular weight excluding hydrogens is 482 g/mol.